The second-order valence-electron chi connectivity index (χ2n) is 6.30. The van der Waals surface area contributed by atoms with Crippen molar-refractivity contribution in [1.82, 2.24) is 24.6 Å². The fourth-order valence-electron chi connectivity index (χ4n) is 2.89. The molecule has 1 unspecified atom stereocenters. The average Bonchev–Trinajstić information content (AvgIpc) is 3.26. The van der Waals surface area contributed by atoms with Crippen LogP contribution in [0.5, 0.6) is 0 Å². The number of aryl methyl sites for hydroxylation is 2. The average molecular weight is 377 g/mol. The topological polar surface area (TPSA) is 91.0 Å². The lowest BCUT2D eigenvalue weighted by Crippen LogP contribution is -2.36. The van der Waals surface area contributed by atoms with Gasteiger partial charge in [0.05, 0.1) is 12.6 Å². The molecule has 1 amide bonds. The maximum Gasteiger partial charge on any atom is 0.263 e. The van der Waals surface area contributed by atoms with Crippen molar-refractivity contribution in [2.24, 2.45) is 7.05 Å². The Morgan fingerprint density at radius 2 is 2.35 bits per heavy atom. The number of hydrogen-bond donors (Lipinski definition) is 1. The van der Waals surface area contributed by atoms with Gasteiger partial charge in [0, 0.05) is 32.1 Å². The van der Waals surface area contributed by atoms with Crippen LogP contribution in [-0.2, 0) is 18.3 Å². The van der Waals surface area contributed by atoms with E-state index in [1.54, 1.807) is 30.1 Å². The third kappa shape index (κ3) is 4.34. The number of amides is 1. The number of thioether (sulfide) groups is 1. The summed E-state index contributed by atoms with van der Waals surface area (Å²) < 4.78 is 8.98. The monoisotopic (exact) mass is 377 g/mol. The lowest BCUT2D eigenvalue weighted by molar-refractivity contribution is 0.0931. The van der Waals surface area contributed by atoms with Crippen molar-refractivity contribution < 1.29 is 9.53 Å². The maximum absolute atomic E-state index is 12.7. The number of carbonyl (C=O) groups excluding carboxylic acids is 1. The van der Waals surface area contributed by atoms with E-state index in [-0.39, 0.29) is 23.1 Å². The summed E-state index contributed by atoms with van der Waals surface area (Å²) >= 11 is 1.50. The molecule has 26 heavy (non-hydrogen) atoms. The quantitative estimate of drug-likeness (QED) is 0.571. The third-order valence-corrected chi connectivity index (χ3v) is 5.35. The van der Waals surface area contributed by atoms with Crippen LogP contribution < -0.4 is 10.9 Å². The molecule has 2 aromatic heterocycles. The van der Waals surface area contributed by atoms with Crippen LogP contribution in [0.15, 0.2) is 28.5 Å². The van der Waals surface area contributed by atoms with E-state index in [1.807, 2.05) is 11.6 Å². The Hall–Kier alpha value is -2.13. The lowest BCUT2D eigenvalue weighted by atomic mass is 10.1. The van der Waals surface area contributed by atoms with Gasteiger partial charge in [-0.1, -0.05) is 11.8 Å². The molecule has 140 valence electrons. The molecule has 1 atom stereocenters. The number of nitrogens with zero attached hydrogens (tertiary/aromatic N) is 4. The van der Waals surface area contributed by atoms with E-state index in [1.165, 1.54) is 11.8 Å². The Balaban J connectivity index is 1.60. The van der Waals surface area contributed by atoms with Crippen molar-refractivity contribution in [3.8, 4) is 0 Å². The first-order chi connectivity index (χ1) is 12.6. The molecule has 3 heterocycles. The third-order valence-electron chi connectivity index (χ3n) is 4.31. The minimum Gasteiger partial charge on any atom is -0.376 e. The summed E-state index contributed by atoms with van der Waals surface area (Å²) in [6.45, 7) is 3.44. The van der Waals surface area contributed by atoms with Crippen molar-refractivity contribution in [2.75, 3.05) is 18.9 Å². The van der Waals surface area contributed by atoms with E-state index in [9.17, 15) is 9.59 Å². The molecular formula is C17H23N5O3S. The predicted octanol–water partition coefficient (Wildman–Crippen LogP) is 0.986. The van der Waals surface area contributed by atoms with Crippen molar-refractivity contribution in [1.29, 1.82) is 0 Å². The number of carbonyl (C=O) groups is 1. The SMILES string of the molecule is Cc1ccn(CC2CCCO2)c(=O)c1C(=O)NCCSc1nncn1C. The van der Waals surface area contributed by atoms with E-state index >= 15 is 0 Å². The number of nitrogens with one attached hydrogen (secondary N) is 1. The van der Waals surface area contributed by atoms with Gasteiger partial charge in [-0.25, -0.2) is 0 Å². The summed E-state index contributed by atoms with van der Waals surface area (Å²) in [5.74, 6) is 0.307. The first-order valence-corrected chi connectivity index (χ1v) is 9.61. The van der Waals surface area contributed by atoms with Crippen LogP contribution in [0.25, 0.3) is 0 Å². The standard InChI is InChI=1S/C17H23N5O3S/c1-12-5-7-22(10-13-4-3-8-25-13)16(24)14(12)15(23)18-6-9-26-17-20-19-11-21(17)2/h5,7,11,13H,3-4,6,8-10H2,1-2H3,(H,18,23). The summed E-state index contributed by atoms with van der Waals surface area (Å²) in [5.41, 5.74) is 0.616. The molecule has 3 rings (SSSR count). The molecule has 2 aromatic rings. The number of ether oxygens (including phenoxy) is 1. The van der Waals surface area contributed by atoms with Gasteiger partial charge in [-0.05, 0) is 31.4 Å². The van der Waals surface area contributed by atoms with Gasteiger partial charge in [-0.2, -0.15) is 0 Å². The highest BCUT2D eigenvalue weighted by molar-refractivity contribution is 7.99. The molecule has 0 aromatic carbocycles. The highest BCUT2D eigenvalue weighted by atomic mass is 32.2. The molecule has 0 bridgehead atoms. The summed E-state index contributed by atoms with van der Waals surface area (Å²) in [6.07, 6.45) is 5.38. The molecule has 1 fully saturated rings. The molecule has 0 aliphatic carbocycles. The van der Waals surface area contributed by atoms with Crippen LogP contribution in [0.4, 0.5) is 0 Å². The zero-order chi connectivity index (χ0) is 18.5. The van der Waals surface area contributed by atoms with E-state index in [4.69, 9.17) is 4.74 Å². The summed E-state index contributed by atoms with van der Waals surface area (Å²) in [5, 5.41) is 11.4. The zero-order valence-electron chi connectivity index (χ0n) is 15.0. The molecule has 1 aliphatic heterocycles. The summed E-state index contributed by atoms with van der Waals surface area (Å²) in [7, 11) is 1.87. The molecule has 0 radical (unpaired) electrons. The minimum atomic E-state index is -0.340. The van der Waals surface area contributed by atoms with Gasteiger partial charge in [0.25, 0.3) is 11.5 Å². The molecule has 1 saturated heterocycles. The second-order valence-corrected chi connectivity index (χ2v) is 7.36. The molecule has 0 saturated carbocycles. The van der Waals surface area contributed by atoms with Crippen LogP contribution in [0.3, 0.4) is 0 Å². The van der Waals surface area contributed by atoms with Crippen molar-refractivity contribution in [3.63, 3.8) is 0 Å². The Kier molecular flexibility index (Phi) is 6.10. The fourth-order valence-corrected chi connectivity index (χ4v) is 3.63. The number of pyridine rings is 1. The lowest BCUT2D eigenvalue weighted by Gasteiger charge is -2.14. The highest BCUT2D eigenvalue weighted by Crippen LogP contribution is 2.14. The van der Waals surface area contributed by atoms with Crippen LogP contribution in [-0.4, -0.2) is 50.2 Å². The second kappa shape index (κ2) is 8.50. The molecule has 8 nitrogen and oxygen atoms in total. The predicted molar refractivity (Wildman–Crippen MR) is 98.5 cm³/mol. The molecule has 1 aliphatic rings. The van der Waals surface area contributed by atoms with Crippen molar-refractivity contribution in [3.05, 3.63) is 40.1 Å². The summed E-state index contributed by atoms with van der Waals surface area (Å²) in [4.78, 5) is 25.2. The van der Waals surface area contributed by atoms with Crippen molar-refractivity contribution >= 4 is 17.7 Å². The highest BCUT2D eigenvalue weighted by Gasteiger charge is 2.20. The fraction of sp³-hybridized carbons (Fsp3) is 0.529. The Morgan fingerprint density at radius 1 is 1.50 bits per heavy atom. The van der Waals surface area contributed by atoms with Gasteiger partial charge in [0.1, 0.15) is 11.9 Å². The summed E-state index contributed by atoms with van der Waals surface area (Å²) in [6, 6.07) is 1.81. The van der Waals surface area contributed by atoms with Gasteiger partial charge in [0.15, 0.2) is 5.16 Å². The van der Waals surface area contributed by atoms with Gasteiger partial charge >= 0.3 is 0 Å². The molecule has 1 N–H and O–H groups in total. The molecular weight excluding hydrogens is 354 g/mol. The first kappa shape index (κ1) is 18.7. The first-order valence-electron chi connectivity index (χ1n) is 8.63. The number of rotatable bonds is 7. The van der Waals surface area contributed by atoms with Crippen LogP contribution in [0.2, 0.25) is 0 Å². The number of aromatic nitrogens is 4. The molecule has 0 spiro atoms. The van der Waals surface area contributed by atoms with Gasteiger partial charge < -0.3 is 19.2 Å². The van der Waals surface area contributed by atoms with Gasteiger partial charge in [-0.3, -0.25) is 9.59 Å². The van der Waals surface area contributed by atoms with Gasteiger partial charge in [-0.15, -0.1) is 10.2 Å². The molecule has 9 heteroatoms. The van der Waals surface area contributed by atoms with Crippen LogP contribution in [0.1, 0.15) is 28.8 Å². The van der Waals surface area contributed by atoms with E-state index in [0.717, 1.165) is 24.6 Å². The van der Waals surface area contributed by atoms with Gasteiger partial charge in [0.2, 0.25) is 0 Å². The zero-order valence-corrected chi connectivity index (χ0v) is 15.8. The van der Waals surface area contributed by atoms with E-state index in [0.29, 0.717) is 24.4 Å². The van der Waals surface area contributed by atoms with Crippen molar-refractivity contribution in [2.45, 2.75) is 37.6 Å². The van der Waals surface area contributed by atoms with Crippen LogP contribution >= 0.6 is 11.8 Å². The largest absolute Gasteiger partial charge is 0.376 e. The number of hydrogen-bond acceptors (Lipinski definition) is 6. The Labute approximate surface area is 155 Å². The van der Waals surface area contributed by atoms with Crippen LogP contribution in [0, 0.1) is 6.92 Å². The van der Waals surface area contributed by atoms with E-state index in [2.05, 4.69) is 15.5 Å². The maximum atomic E-state index is 12.7. The normalized spacial score (nSPS) is 16.8. The Morgan fingerprint density at radius 3 is 3.04 bits per heavy atom. The Bertz CT molecular complexity index is 826. The minimum absolute atomic E-state index is 0.0501. The smallest absolute Gasteiger partial charge is 0.263 e. The van der Waals surface area contributed by atoms with E-state index < -0.39 is 0 Å².